The van der Waals surface area contributed by atoms with Gasteiger partial charge in [-0.05, 0) is 63.2 Å². The highest BCUT2D eigenvalue weighted by atomic mass is 32.1. The number of rotatable bonds is 2. The Morgan fingerprint density at radius 1 is 1.41 bits per heavy atom. The highest BCUT2D eigenvalue weighted by molar-refractivity contribution is 7.13. The number of aryl methyl sites for hydroxylation is 1. The van der Waals surface area contributed by atoms with E-state index in [9.17, 15) is 0 Å². The average molecular weight is 246 g/mol. The molecule has 1 aromatic heterocycles. The highest BCUT2D eigenvalue weighted by Gasteiger charge is 2.14. The summed E-state index contributed by atoms with van der Waals surface area (Å²) in [5, 5.41) is 0. The van der Waals surface area contributed by atoms with Crippen LogP contribution in [0.2, 0.25) is 0 Å². The van der Waals surface area contributed by atoms with Crippen molar-refractivity contribution in [3.8, 4) is 0 Å². The Kier molecular flexibility index (Phi) is 3.88. The maximum Gasteiger partial charge on any atom is 0.0308 e. The van der Waals surface area contributed by atoms with Crippen LogP contribution in [0.15, 0.2) is 17.7 Å². The zero-order valence-corrected chi connectivity index (χ0v) is 12.2. The van der Waals surface area contributed by atoms with Gasteiger partial charge in [-0.2, -0.15) is 0 Å². The zero-order valence-electron chi connectivity index (χ0n) is 11.3. The molecule has 0 nitrogen and oxygen atoms in total. The predicted octanol–water partition coefficient (Wildman–Crippen LogP) is 5.68. The Bertz CT molecular complexity index is 456. The fourth-order valence-electron chi connectivity index (χ4n) is 2.30. The largest absolute Gasteiger partial charge is 0.140 e. The first kappa shape index (κ1) is 12.6. The molecule has 0 spiro atoms. The maximum atomic E-state index is 2.45. The molecule has 0 bridgehead atoms. The Morgan fingerprint density at radius 2 is 2.18 bits per heavy atom. The van der Waals surface area contributed by atoms with E-state index in [0.29, 0.717) is 0 Å². The van der Waals surface area contributed by atoms with Gasteiger partial charge >= 0.3 is 0 Å². The lowest BCUT2D eigenvalue weighted by Crippen LogP contribution is -1.99. The van der Waals surface area contributed by atoms with E-state index in [-0.39, 0.29) is 0 Å². The summed E-state index contributed by atoms with van der Waals surface area (Å²) >= 11 is 1.95. The van der Waals surface area contributed by atoms with Crippen molar-refractivity contribution in [3.63, 3.8) is 0 Å². The van der Waals surface area contributed by atoms with Gasteiger partial charge in [0.05, 0.1) is 0 Å². The topological polar surface area (TPSA) is 0 Å². The van der Waals surface area contributed by atoms with Crippen LogP contribution in [-0.4, -0.2) is 0 Å². The van der Waals surface area contributed by atoms with Gasteiger partial charge in [0.2, 0.25) is 0 Å². The van der Waals surface area contributed by atoms with Crippen molar-refractivity contribution in [2.75, 3.05) is 0 Å². The molecule has 0 amide bonds. The summed E-state index contributed by atoms with van der Waals surface area (Å²) in [5.41, 5.74) is 4.36. The third-order valence-corrected chi connectivity index (χ3v) is 4.53. The Balaban J connectivity index is 2.26. The van der Waals surface area contributed by atoms with Crippen LogP contribution in [0.5, 0.6) is 0 Å². The molecule has 0 aliphatic heterocycles. The third kappa shape index (κ3) is 3.10. The number of hydrogen-bond acceptors (Lipinski definition) is 1. The van der Waals surface area contributed by atoms with Gasteiger partial charge in [-0.1, -0.05) is 24.6 Å². The van der Waals surface area contributed by atoms with Gasteiger partial charge in [0.15, 0.2) is 0 Å². The minimum absolute atomic E-state index is 0.872. The van der Waals surface area contributed by atoms with Crippen molar-refractivity contribution in [2.45, 2.75) is 47.0 Å². The van der Waals surface area contributed by atoms with E-state index in [1.165, 1.54) is 40.2 Å². The molecule has 2 rings (SSSR count). The van der Waals surface area contributed by atoms with E-state index in [4.69, 9.17) is 0 Å². The van der Waals surface area contributed by atoms with Crippen molar-refractivity contribution >= 4 is 23.0 Å². The normalized spacial score (nSPS) is 20.0. The minimum atomic E-state index is 0.872. The van der Waals surface area contributed by atoms with Crippen molar-refractivity contribution in [2.24, 2.45) is 5.92 Å². The summed E-state index contributed by atoms with van der Waals surface area (Å²) in [6, 6.07) is 2.37. The smallest absolute Gasteiger partial charge is 0.0308 e. The molecule has 0 fully saturated rings. The molecule has 1 aromatic rings. The van der Waals surface area contributed by atoms with Gasteiger partial charge in [-0.25, -0.2) is 0 Å². The van der Waals surface area contributed by atoms with Crippen molar-refractivity contribution < 1.29 is 0 Å². The first-order valence-electron chi connectivity index (χ1n) is 6.51. The van der Waals surface area contributed by atoms with Gasteiger partial charge in [-0.15, -0.1) is 11.3 Å². The molecule has 1 aliphatic rings. The summed E-state index contributed by atoms with van der Waals surface area (Å²) < 4.78 is 0. The lowest BCUT2D eigenvalue weighted by atomic mass is 9.90. The van der Waals surface area contributed by atoms with Crippen molar-refractivity contribution in [3.05, 3.63) is 33.0 Å². The summed E-state index contributed by atoms with van der Waals surface area (Å²) in [6.45, 7) is 8.91. The summed E-state index contributed by atoms with van der Waals surface area (Å²) in [7, 11) is 0. The van der Waals surface area contributed by atoms with E-state index in [1.54, 1.807) is 5.57 Å². The lowest BCUT2D eigenvalue weighted by Gasteiger charge is -2.17. The van der Waals surface area contributed by atoms with E-state index in [2.05, 4.69) is 45.9 Å². The summed E-state index contributed by atoms with van der Waals surface area (Å²) in [4.78, 5) is 2.93. The van der Waals surface area contributed by atoms with Crippen LogP contribution >= 0.6 is 11.3 Å². The summed E-state index contributed by atoms with van der Waals surface area (Å²) in [5.74, 6) is 0.872. The fourth-order valence-corrected chi connectivity index (χ4v) is 3.37. The van der Waals surface area contributed by atoms with E-state index in [0.717, 1.165) is 5.92 Å². The van der Waals surface area contributed by atoms with Crippen LogP contribution in [-0.2, 0) is 0 Å². The number of thiophene rings is 1. The Hall–Kier alpha value is -0.820. The Labute approximate surface area is 109 Å². The van der Waals surface area contributed by atoms with E-state index >= 15 is 0 Å². The van der Waals surface area contributed by atoms with Crippen LogP contribution in [0.4, 0.5) is 0 Å². The van der Waals surface area contributed by atoms with Gasteiger partial charge < -0.3 is 0 Å². The SMILES string of the molecule is CC(C)=Cc1cc(C2=CCC(C)CC2)sc1C. The average Bonchev–Trinajstić information content (AvgIpc) is 2.60. The maximum absolute atomic E-state index is 2.45. The molecule has 1 heterocycles. The monoisotopic (exact) mass is 246 g/mol. The molecular weight excluding hydrogens is 224 g/mol. The van der Waals surface area contributed by atoms with Crippen LogP contribution in [0.1, 0.15) is 55.4 Å². The highest BCUT2D eigenvalue weighted by Crippen LogP contribution is 2.35. The molecule has 92 valence electrons. The lowest BCUT2D eigenvalue weighted by molar-refractivity contribution is 0.534. The second-order valence-corrected chi connectivity index (χ2v) is 6.71. The van der Waals surface area contributed by atoms with Crippen molar-refractivity contribution in [1.82, 2.24) is 0 Å². The van der Waals surface area contributed by atoms with Gasteiger partial charge in [0.25, 0.3) is 0 Å². The van der Waals surface area contributed by atoms with Gasteiger partial charge in [-0.3, -0.25) is 0 Å². The molecule has 17 heavy (non-hydrogen) atoms. The first-order chi connectivity index (χ1) is 8.06. The molecule has 1 heteroatoms. The van der Waals surface area contributed by atoms with Crippen LogP contribution in [0.3, 0.4) is 0 Å². The van der Waals surface area contributed by atoms with Crippen LogP contribution in [0, 0.1) is 12.8 Å². The second-order valence-electron chi connectivity index (χ2n) is 5.45. The first-order valence-corrected chi connectivity index (χ1v) is 7.32. The molecule has 0 saturated carbocycles. The van der Waals surface area contributed by atoms with Crippen LogP contribution in [0.25, 0.3) is 11.6 Å². The predicted molar refractivity (Wildman–Crippen MR) is 79.4 cm³/mol. The summed E-state index contributed by atoms with van der Waals surface area (Å²) in [6.07, 6.45) is 8.60. The second kappa shape index (κ2) is 5.22. The standard InChI is InChI=1S/C16H22S/c1-11(2)9-15-10-16(17-13(15)4)14-7-5-12(3)6-8-14/h7,9-10,12H,5-6,8H2,1-4H3. The molecule has 0 N–H and O–H groups in total. The molecule has 0 saturated heterocycles. The quantitative estimate of drug-likeness (QED) is 0.629. The Morgan fingerprint density at radius 3 is 2.76 bits per heavy atom. The van der Waals surface area contributed by atoms with Gasteiger partial charge in [0.1, 0.15) is 0 Å². The van der Waals surface area contributed by atoms with E-state index in [1.807, 2.05) is 11.3 Å². The molecule has 1 atom stereocenters. The van der Waals surface area contributed by atoms with Gasteiger partial charge in [0, 0.05) is 9.75 Å². The molecule has 1 unspecified atom stereocenters. The molecular formula is C16H22S. The molecule has 0 radical (unpaired) electrons. The van der Waals surface area contributed by atoms with E-state index < -0.39 is 0 Å². The number of hydrogen-bond donors (Lipinski definition) is 0. The zero-order chi connectivity index (χ0) is 12.4. The van der Waals surface area contributed by atoms with Crippen LogP contribution < -0.4 is 0 Å². The minimum Gasteiger partial charge on any atom is -0.140 e. The number of allylic oxidation sites excluding steroid dienone is 3. The fraction of sp³-hybridized carbons (Fsp3) is 0.500. The molecule has 0 aromatic carbocycles. The molecule has 1 aliphatic carbocycles. The third-order valence-electron chi connectivity index (χ3n) is 3.39. The van der Waals surface area contributed by atoms with Crippen molar-refractivity contribution in [1.29, 1.82) is 0 Å².